The number of carboxylic acids is 1. The first-order chi connectivity index (χ1) is 9.45. The molecule has 1 aliphatic rings. The second-order valence-corrected chi connectivity index (χ2v) is 5.55. The maximum atomic E-state index is 11.8. The highest BCUT2D eigenvalue weighted by Crippen LogP contribution is 2.29. The highest BCUT2D eigenvalue weighted by molar-refractivity contribution is 6.31. The van der Waals surface area contributed by atoms with Crippen molar-refractivity contribution in [3.05, 3.63) is 28.8 Å². The maximum absolute atomic E-state index is 11.8. The van der Waals surface area contributed by atoms with Crippen LogP contribution in [0.15, 0.2) is 18.2 Å². The standard InChI is InChI=1S/C14H17ClN2O3/c1-8(9-3-2-4-9)16-14(20)17-12-6-10(13(18)19)5-11(15)7-12/h5-9H,2-4H2,1H3,(H,18,19)(H2,16,17,20). The Labute approximate surface area is 122 Å². The zero-order valence-corrected chi connectivity index (χ0v) is 11.9. The highest BCUT2D eigenvalue weighted by Gasteiger charge is 2.25. The second-order valence-electron chi connectivity index (χ2n) is 5.11. The quantitative estimate of drug-likeness (QED) is 0.797. The van der Waals surface area contributed by atoms with Gasteiger partial charge in [0.15, 0.2) is 0 Å². The molecule has 2 rings (SSSR count). The summed E-state index contributed by atoms with van der Waals surface area (Å²) in [6, 6.07) is 4.00. The molecule has 0 heterocycles. The van der Waals surface area contributed by atoms with E-state index in [4.69, 9.17) is 16.7 Å². The molecule has 6 heteroatoms. The van der Waals surface area contributed by atoms with Crippen molar-refractivity contribution in [2.45, 2.75) is 32.2 Å². The van der Waals surface area contributed by atoms with Crippen LogP contribution in [0.1, 0.15) is 36.5 Å². The molecule has 1 saturated carbocycles. The van der Waals surface area contributed by atoms with Gasteiger partial charge in [0.25, 0.3) is 0 Å². The Hall–Kier alpha value is -1.75. The van der Waals surface area contributed by atoms with Gasteiger partial charge in [-0.3, -0.25) is 0 Å². The third-order valence-electron chi connectivity index (χ3n) is 3.62. The van der Waals surface area contributed by atoms with Gasteiger partial charge in [0.2, 0.25) is 0 Å². The second kappa shape index (κ2) is 6.13. The molecule has 0 bridgehead atoms. The molecule has 1 aromatic rings. The molecule has 1 unspecified atom stereocenters. The fourth-order valence-electron chi connectivity index (χ4n) is 2.22. The van der Waals surface area contributed by atoms with E-state index in [-0.39, 0.29) is 22.7 Å². The topological polar surface area (TPSA) is 78.4 Å². The predicted octanol–water partition coefficient (Wildman–Crippen LogP) is 3.35. The van der Waals surface area contributed by atoms with Crippen LogP contribution in [0.25, 0.3) is 0 Å². The van der Waals surface area contributed by atoms with Gasteiger partial charge in [-0.25, -0.2) is 9.59 Å². The Morgan fingerprint density at radius 1 is 1.35 bits per heavy atom. The minimum Gasteiger partial charge on any atom is -0.478 e. The summed E-state index contributed by atoms with van der Waals surface area (Å²) in [5, 5.41) is 14.7. The molecule has 1 aromatic carbocycles. The largest absolute Gasteiger partial charge is 0.478 e. The van der Waals surface area contributed by atoms with E-state index in [9.17, 15) is 9.59 Å². The number of carbonyl (C=O) groups is 2. The average Bonchev–Trinajstić information content (AvgIpc) is 2.24. The summed E-state index contributed by atoms with van der Waals surface area (Å²) in [6.07, 6.45) is 3.50. The van der Waals surface area contributed by atoms with Gasteiger partial charge < -0.3 is 15.7 Å². The number of urea groups is 1. The van der Waals surface area contributed by atoms with Crippen LogP contribution >= 0.6 is 11.6 Å². The lowest BCUT2D eigenvalue weighted by molar-refractivity contribution is 0.0697. The normalized spacial score (nSPS) is 16.1. The number of amides is 2. The summed E-state index contributed by atoms with van der Waals surface area (Å²) < 4.78 is 0. The summed E-state index contributed by atoms with van der Waals surface area (Å²) in [5.74, 6) is -0.548. The molecule has 108 valence electrons. The number of hydrogen-bond acceptors (Lipinski definition) is 2. The lowest BCUT2D eigenvalue weighted by atomic mass is 9.80. The van der Waals surface area contributed by atoms with Crippen molar-refractivity contribution in [2.75, 3.05) is 5.32 Å². The van der Waals surface area contributed by atoms with E-state index in [2.05, 4.69) is 10.6 Å². The lowest BCUT2D eigenvalue weighted by Gasteiger charge is -2.31. The van der Waals surface area contributed by atoms with E-state index in [1.807, 2.05) is 6.92 Å². The number of rotatable bonds is 4. The molecule has 2 amide bonds. The zero-order chi connectivity index (χ0) is 14.7. The van der Waals surface area contributed by atoms with Crippen LogP contribution in [-0.2, 0) is 0 Å². The van der Waals surface area contributed by atoms with Gasteiger partial charge in [0.1, 0.15) is 0 Å². The number of carbonyl (C=O) groups excluding carboxylic acids is 1. The minimum atomic E-state index is -1.08. The van der Waals surface area contributed by atoms with E-state index in [1.165, 1.54) is 24.6 Å². The minimum absolute atomic E-state index is 0.0415. The lowest BCUT2D eigenvalue weighted by Crippen LogP contribution is -2.42. The number of benzene rings is 1. The fraction of sp³-hybridized carbons (Fsp3) is 0.429. The molecule has 0 radical (unpaired) electrons. The number of halogens is 1. The monoisotopic (exact) mass is 296 g/mol. The molecule has 20 heavy (non-hydrogen) atoms. The molecule has 1 aliphatic carbocycles. The van der Waals surface area contributed by atoms with Crippen LogP contribution in [-0.4, -0.2) is 23.1 Å². The van der Waals surface area contributed by atoms with Crippen LogP contribution in [0.5, 0.6) is 0 Å². The summed E-state index contributed by atoms with van der Waals surface area (Å²) in [7, 11) is 0. The van der Waals surface area contributed by atoms with Gasteiger partial charge in [0.05, 0.1) is 5.56 Å². The molecule has 3 N–H and O–H groups in total. The van der Waals surface area contributed by atoms with Crippen molar-refractivity contribution < 1.29 is 14.7 Å². The Bertz CT molecular complexity index is 529. The zero-order valence-electron chi connectivity index (χ0n) is 11.1. The summed E-state index contributed by atoms with van der Waals surface area (Å²) in [4.78, 5) is 22.8. The number of anilines is 1. The van der Waals surface area contributed by atoms with E-state index >= 15 is 0 Å². The maximum Gasteiger partial charge on any atom is 0.335 e. The first-order valence-corrected chi connectivity index (χ1v) is 6.95. The van der Waals surface area contributed by atoms with E-state index in [0.29, 0.717) is 11.6 Å². The van der Waals surface area contributed by atoms with Crippen molar-refractivity contribution >= 4 is 29.3 Å². The molecule has 0 spiro atoms. The molecule has 1 fully saturated rings. The van der Waals surface area contributed by atoms with Crippen LogP contribution in [0.4, 0.5) is 10.5 Å². The van der Waals surface area contributed by atoms with E-state index in [1.54, 1.807) is 0 Å². The Balaban J connectivity index is 1.98. The highest BCUT2D eigenvalue weighted by atomic mass is 35.5. The first kappa shape index (κ1) is 14.7. The summed E-state index contributed by atoms with van der Waals surface area (Å²) >= 11 is 5.83. The third kappa shape index (κ3) is 3.63. The van der Waals surface area contributed by atoms with Crippen molar-refractivity contribution in [2.24, 2.45) is 5.92 Å². The molecule has 1 atom stereocenters. The van der Waals surface area contributed by atoms with E-state index < -0.39 is 5.97 Å². The number of aromatic carboxylic acids is 1. The predicted molar refractivity (Wildman–Crippen MR) is 77.4 cm³/mol. The van der Waals surface area contributed by atoms with E-state index in [0.717, 1.165) is 12.8 Å². The number of hydrogen-bond donors (Lipinski definition) is 3. The van der Waals surface area contributed by atoms with Crippen LogP contribution in [0, 0.1) is 5.92 Å². The van der Waals surface area contributed by atoms with Crippen LogP contribution < -0.4 is 10.6 Å². The van der Waals surface area contributed by atoms with Crippen LogP contribution in [0.2, 0.25) is 5.02 Å². The SMILES string of the molecule is CC(NC(=O)Nc1cc(Cl)cc(C(=O)O)c1)C1CCC1. The Morgan fingerprint density at radius 2 is 2.05 bits per heavy atom. The molecular weight excluding hydrogens is 280 g/mol. The van der Waals surface area contributed by atoms with Gasteiger partial charge in [-0.15, -0.1) is 0 Å². The molecular formula is C14H17ClN2O3. The third-order valence-corrected chi connectivity index (χ3v) is 3.84. The molecule has 0 saturated heterocycles. The van der Waals surface area contributed by atoms with Crippen molar-refractivity contribution in [1.82, 2.24) is 5.32 Å². The first-order valence-electron chi connectivity index (χ1n) is 6.57. The van der Waals surface area contributed by atoms with Gasteiger partial charge in [-0.1, -0.05) is 18.0 Å². The summed E-state index contributed by atoms with van der Waals surface area (Å²) in [6.45, 7) is 1.98. The van der Waals surface area contributed by atoms with Gasteiger partial charge in [0, 0.05) is 16.8 Å². The molecule has 0 aromatic heterocycles. The van der Waals surface area contributed by atoms with Crippen molar-refractivity contribution in [3.63, 3.8) is 0 Å². The molecule has 5 nitrogen and oxygen atoms in total. The Morgan fingerprint density at radius 3 is 2.60 bits per heavy atom. The number of nitrogens with one attached hydrogen (secondary N) is 2. The fourth-order valence-corrected chi connectivity index (χ4v) is 2.45. The van der Waals surface area contributed by atoms with Gasteiger partial charge in [-0.2, -0.15) is 0 Å². The van der Waals surface area contributed by atoms with Gasteiger partial charge >= 0.3 is 12.0 Å². The molecule has 0 aliphatic heterocycles. The van der Waals surface area contributed by atoms with Crippen molar-refractivity contribution in [1.29, 1.82) is 0 Å². The van der Waals surface area contributed by atoms with Gasteiger partial charge in [-0.05, 0) is 43.9 Å². The summed E-state index contributed by atoms with van der Waals surface area (Å²) in [5.41, 5.74) is 0.410. The smallest absolute Gasteiger partial charge is 0.335 e. The van der Waals surface area contributed by atoms with Crippen LogP contribution in [0.3, 0.4) is 0 Å². The number of carboxylic acid groups (broad SMARTS) is 1. The average molecular weight is 297 g/mol. The van der Waals surface area contributed by atoms with Crippen molar-refractivity contribution in [3.8, 4) is 0 Å². The Kier molecular flexibility index (Phi) is 4.49.